The average Bonchev–Trinajstić information content (AvgIpc) is 3.52. The number of rotatable bonds is 20. The van der Waals surface area contributed by atoms with Gasteiger partial charge in [0.15, 0.2) is 6.10 Å². The molecule has 0 spiro atoms. The number of carbonyl (C=O) groups is 2. The second-order valence-corrected chi connectivity index (χ2v) is 15.8. The molecular formula is C44H50Cl2FNO10. The molecule has 0 aliphatic heterocycles. The van der Waals surface area contributed by atoms with Crippen molar-refractivity contribution in [3.8, 4) is 28.4 Å². The molecule has 0 saturated heterocycles. The van der Waals surface area contributed by atoms with Gasteiger partial charge in [-0.2, -0.15) is 0 Å². The van der Waals surface area contributed by atoms with Crippen molar-refractivity contribution in [2.45, 2.75) is 84.5 Å². The minimum Gasteiger partial charge on any atom is -0.493 e. The maximum Gasteiger partial charge on any atom is 0.326 e. The van der Waals surface area contributed by atoms with Crippen LogP contribution in [0.5, 0.6) is 17.2 Å². The fraction of sp³-hybridized carbons (Fsp3) is 0.409. The first-order chi connectivity index (χ1) is 27.6. The van der Waals surface area contributed by atoms with Gasteiger partial charge in [0, 0.05) is 31.7 Å². The second-order valence-electron chi connectivity index (χ2n) is 15.0. The Balaban J connectivity index is 1.37. The maximum absolute atomic E-state index is 16.0. The van der Waals surface area contributed by atoms with Gasteiger partial charge in [-0.3, -0.25) is 14.9 Å². The molecule has 0 aromatic heterocycles. The third kappa shape index (κ3) is 9.71. The van der Waals surface area contributed by atoms with Crippen molar-refractivity contribution in [1.29, 1.82) is 0 Å². The largest absolute Gasteiger partial charge is 0.493 e. The Bertz CT molecular complexity index is 2130. The number of ether oxygens (including phenoxy) is 4. The Labute approximate surface area is 347 Å². The second kappa shape index (κ2) is 19.1. The summed E-state index contributed by atoms with van der Waals surface area (Å²) in [6.07, 6.45) is -1.67. The van der Waals surface area contributed by atoms with Gasteiger partial charge in [-0.05, 0) is 103 Å². The zero-order valence-corrected chi connectivity index (χ0v) is 34.7. The number of carboxylic acids is 2. The fourth-order valence-electron chi connectivity index (χ4n) is 6.93. The predicted octanol–water partition coefficient (Wildman–Crippen LogP) is 8.05. The number of benzene rings is 4. The average molecular weight is 843 g/mol. The monoisotopic (exact) mass is 841 g/mol. The quantitative estimate of drug-likeness (QED) is 0.0585. The number of carboxylic acid groups (broad SMARTS) is 2. The van der Waals surface area contributed by atoms with Crippen LogP contribution in [0.15, 0.2) is 60.7 Å². The van der Waals surface area contributed by atoms with Gasteiger partial charge < -0.3 is 39.4 Å². The summed E-state index contributed by atoms with van der Waals surface area (Å²) < 4.78 is 39.8. The molecule has 0 unspecified atom stereocenters. The molecule has 11 nitrogen and oxygen atoms in total. The fourth-order valence-corrected chi connectivity index (χ4v) is 7.40. The minimum absolute atomic E-state index is 0.0273. The molecule has 1 aliphatic rings. The molecule has 0 fully saturated rings. The lowest BCUT2D eigenvalue weighted by Gasteiger charge is -2.25. The van der Waals surface area contributed by atoms with Crippen LogP contribution in [-0.4, -0.2) is 71.0 Å². The lowest BCUT2D eigenvalue weighted by atomic mass is 9.84. The van der Waals surface area contributed by atoms with E-state index in [-0.39, 0.29) is 43.4 Å². The smallest absolute Gasteiger partial charge is 0.326 e. The van der Waals surface area contributed by atoms with Crippen LogP contribution in [0, 0.1) is 12.3 Å². The van der Waals surface area contributed by atoms with Gasteiger partial charge >= 0.3 is 11.9 Å². The first kappa shape index (κ1) is 44.7. The molecule has 14 heteroatoms. The van der Waals surface area contributed by atoms with Crippen LogP contribution < -0.4 is 19.5 Å². The predicted molar refractivity (Wildman–Crippen MR) is 219 cm³/mol. The summed E-state index contributed by atoms with van der Waals surface area (Å²) in [5, 5.41) is 41.9. The molecular weight excluding hydrogens is 792 g/mol. The van der Waals surface area contributed by atoms with E-state index < -0.39 is 48.4 Å². The number of methoxy groups -OCH3 is 1. The highest BCUT2D eigenvalue weighted by Gasteiger charge is 2.37. The van der Waals surface area contributed by atoms with Crippen LogP contribution in [0.3, 0.4) is 0 Å². The van der Waals surface area contributed by atoms with Crippen LogP contribution in [0.2, 0.25) is 10.0 Å². The van der Waals surface area contributed by atoms with E-state index >= 15 is 4.39 Å². The molecule has 312 valence electrons. The van der Waals surface area contributed by atoms with Crippen LogP contribution >= 0.6 is 23.2 Å². The lowest BCUT2D eigenvalue weighted by molar-refractivity contribution is -0.150. The normalized spacial score (nSPS) is 16.9. The number of aliphatic hydroxyl groups is 2. The zero-order valence-electron chi connectivity index (χ0n) is 33.2. The highest BCUT2D eigenvalue weighted by Crippen LogP contribution is 2.45. The molecule has 0 saturated carbocycles. The van der Waals surface area contributed by atoms with Crippen LogP contribution in [0.25, 0.3) is 11.1 Å². The van der Waals surface area contributed by atoms with Crippen molar-refractivity contribution in [3.05, 3.63) is 110 Å². The van der Waals surface area contributed by atoms with Crippen molar-refractivity contribution in [1.82, 2.24) is 5.32 Å². The van der Waals surface area contributed by atoms with Gasteiger partial charge in [0.2, 0.25) is 0 Å². The molecule has 1 aliphatic carbocycles. The standard InChI is InChI=1S/C44H50Cl2FNO10/c1-6-56-37-19-39(35(46)16-28(37)20-48-44(4,24-50)42(53)54)58-40-32-12-8-11-31(33(32)18-36(40)47)30-10-7-9-27(25(30)2)22-57-38-17-29(21-55-5)26(15-34(38)45)13-14-43(3,23-49)41(51)52/h7-12,15-17,19,36,40,48-50H,6,13-14,18,20-24H2,1-5H3,(H,51,52)(H,53,54)/t36-,40+,43-,44-/m0/s1. The highest BCUT2D eigenvalue weighted by molar-refractivity contribution is 6.32. The number of fused-ring (bicyclic) bond motifs is 1. The Kier molecular flexibility index (Phi) is 14.7. The maximum atomic E-state index is 16.0. The molecule has 5 rings (SSSR count). The van der Waals surface area contributed by atoms with E-state index in [1.165, 1.54) is 13.8 Å². The summed E-state index contributed by atoms with van der Waals surface area (Å²) in [6, 6.07) is 18.2. The summed E-state index contributed by atoms with van der Waals surface area (Å²) in [4.78, 5) is 23.5. The summed E-state index contributed by atoms with van der Waals surface area (Å²) in [5.74, 6) is -1.26. The Morgan fingerprint density at radius 1 is 0.845 bits per heavy atom. The minimum atomic E-state index is -1.59. The third-order valence-electron chi connectivity index (χ3n) is 10.9. The number of alkyl halides is 1. The Morgan fingerprint density at radius 3 is 2.19 bits per heavy atom. The molecule has 4 atom stereocenters. The number of hydrogen-bond donors (Lipinski definition) is 5. The van der Waals surface area contributed by atoms with Gasteiger partial charge in [0.25, 0.3) is 0 Å². The Morgan fingerprint density at radius 2 is 1.53 bits per heavy atom. The Hall–Kier alpha value is -4.43. The molecule has 0 amide bonds. The van der Waals surface area contributed by atoms with E-state index in [0.29, 0.717) is 40.7 Å². The van der Waals surface area contributed by atoms with E-state index in [4.69, 9.17) is 42.1 Å². The molecule has 4 aromatic carbocycles. The highest BCUT2D eigenvalue weighted by atomic mass is 35.5. The van der Waals surface area contributed by atoms with E-state index in [2.05, 4.69) is 5.32 Å². The number of halogens is 3. The molecule has 5 N–H and O–H groups in total. The van der Waals surface area contributed by atoms with E-state index in [1.807, 2.05) is 43.3 Å². The van der Waals surface area contributed by atoms with Crippen LogP contribution in [-0.2, 0) is 46.9 Å². The number of aliphatic carboxylic acids is 2. The molecule has 0 heterocycles. The third-order valence-corrected chi connectivity index (χ3v) is 11.4. The topological polar surface area (TPSA) is 164 Å². The van der Waals surface area contributed by atoms with Gasteiger partial charge in [-0.25, -0.2) is 4.39 Å². The summed E-state index contributed by atoms with van der Waals surface area (Å²) in [5.41, 5.74) is 4.34. The van der Waals surface area contributed by atoms with E-state index in [1.54, 1.807) is 38.3 Å². The van der Waals surface area contributed by atoms with Crippen LogP contribution in [0.1, 0.15) is 72.2 Å². The number of hydrogen-bond acceptors (Lipinski definition) is 9. The van der Waals surface area contributed by atoms with Crippen molar-refractivity contribution < 1.29 is 53.4 Å². The lowest BCUT2D eigenvalue weighted by Crippen LogP contribution is -2.52. The van der Waals surface area contributed by atoms with Gasteiger partial charge in [-0.15, -0.1) is 0 Å². The van der Waals surface area contributed by atoms with Crippen molar-refractivity contribution in [2.75, 3.05) is 26.9 Å². The van der Waals surface area contributed by atoms with Gasteiger partial charge in [0.05, 0.1) is 41.9 Å². The van der Waals surface area contributed by atoms with Gasteiger partial charge in [-0.1, -0.05) is 59.6 Å². The number of nitrogens with one attached hydrogen (secondary N) is 1. The molecule has 4 aromatic rings. The van der Waals surface area contributed by atoms with Crippen molar-refractivity contribution in [3.63, 3.8) is 0 Å². The first-order valence-corrected chi connectivity index (χ1v) is 19.7. The molecule has 0 bridgehead atoms. The summed E-state index contributed by atoms with van der Waals surface area (Å²) >= 11 is 13.4. The molecule has 58 heavy (non-hydrogen) atoms. The van der Waals surface area contributed by atoms with Crippen LogP contribution in [0.4, 0.5) is 4.39 Å². The SMILES string of the molecule is CCOc1cc(O[C@@H]2c3cccc(-c4cccc(COc5cc(COC)c(CC[C@@](C)(CO)C(=O)O)cc5Cl)c4C)c3C[C@@H]2F)c(Cl)cc1CN[C@@](C)(CO)C(=O)O. The van der Waals surface area contributed by atoms with Crippen molar-refractivity contribution >= 4 is 35.1 Å². The summed E-state index contributed by atoms with van der Waals surface area (Å²) in [6.45, 7) is 6.29. The number of aryl methyl sites for hydroxylation is 1. The number of aliphatic hydroxyl groups excluding tert-OH is 2. The first-order valence-electron chi connectivity index (χ1n) is 18.9. The summed E-state index contributed by atoms with van der Waals surface area (Å²) in [7, 11) is 1.56. The van der Waals surface area contributed by atoms with Gasteiger partial charge in [0.1, 0.15) is 35.6 Å². The van der Waals surface area contributed by atoms with E-state index in [9.17, 15) is 30.0 Å². The van der Waals surface area contributed by atoms with E-state index in [0.717, 1.165) is 38.9 Å². The molecule has 0 radical (unpaired) electrons. The zero-order chi connectivity index (χ0) is 42.4. The van der Waals surface area contributed by atoms with Crippen molar-refractivity contribution in [2.24, 2.45) is 5.41 Å².